The summed E-state index contributed by atoms with van der Waals surface area (Å²) < 4.78 is 0. The van der Waals surface area contributed by atoms with Gasteiger partial charge in [0.15, 0.2) is 0 Å². The normalized spacial score (nSPS) is 13.3. The molecule has 1 aliphatic rings. The van der Waals surface area contributed by atoms with Gasteiger partial charge in [0, 0.05) is 30.8 Å². The molecule has 1 aromatic heterocycles. The van der Waals surface area contributed by atoms with Crippen LogP contribution in [-0.2, 0) is 4.79 Å². The number of carbonyl (C=O) groups excluding carboxylic acids is 2. The van der Waals surface area contributed by atoms with Gasteiger partial charge in [0.1, 0.15) is 5.82 Å². The van der Waals surface area contributed by atoms with Crippen molar-refractivity contribution in [3.05, 3.63) is 58.3 Å². The Bertz CT molecular complexity index is 847. The predicted molar refractivity (Wildman–Crippen MR) is 99.7 cm³/mol. The number of hydrogen-bond acceptors (Lipinski definition) is 6. The van der Waals surface area contributed by atoms with Gasteiger partial charge in [0.2, 0.25) is 5.91 Å². The Morgan fingerprint density at radius 1 is 1.19 bits per heavy atom. The third kappa shape index (κ3) is 4.78. The van der Waals surface area contributed by atoms with Gasteiger partial charge in [0.05, 0.1) is 23.4 Å². The minimum Gasteiger partial charge on any atom is -0.357 e. The lowest BCUT2D eigenvalue weighted by Gasteiger charge is -2.16. The molecule has 2 aromatic rings. The standard InChI is InChI=1S/C18H19N5O4/c24-17(12-20-18(25)13-4-3-5-15(10-13)23(26)27)21-14-6-7-16(19-11-14)22-8-1-2-9-22/h3-7,10-11H,1-2,8-9,12H2,(H,20,25)(H,21,24). The lowest BCUT2D eigenvalue weighted by atomic mass is 10.2. The number of nitrogens with zero attached hydrogens (tertiary/aromatic N) is 3. The zero-order chi connectivity index (χ0) is 19.2. The van der Waals surface area contributed by atoms with Crippen LogP contribution in [0.3, 0.4) is 0 Å². The molecular weight excluding hydrogens is 350 g/mol. The highest BCUT2D eigenvalue weighted by molar-refractivity contribution is 5.99. The van der Waals surface area contributed by atoms with E-state index in [1.165, 1.54) is 18.2 Å². The molecule has 0 aliphatic carbocycles. The molecule has 27 heavy (non-hydrogen) atoms. The van der Waals surface area contributed by atoms with E-state index in [1.54, 1.807) is 12.3 Å². The smallest absolute Gasteiger partial charge is 0.270 e. The fraction of sp³-hybridized carbons (Fsp3) is 0.278. The summed E-state index contributed by atoms with van der Waals surface area (Å²) >= 11 is 0. The Kier molecular flexibility index (Phi) is 5.60. The number of carbonyl (C=O) groups is 2. The summed E-state index contributed by atoms with van der Waals surface area (Å²) in [4.78, 5) is 40.7. The van der Waals surface area contributed by atoms with Crippen LogP contribution >= 0.6 is 0 Å². The van der Waals surface area contributed by atoms with E-state index < -0.39 is 16.7 Å². The maximum atomic E-state index is 12.0. The van der Waals surface area contributed by atoms with E-state index in [1.807, 2.05) is 6.07 Å². The summed E-state index contributed by atoms with van der Waals surface area (Å²) in [6, 6.07) is 8.93. The van der Waals surface area contributed by atoms with Crippen molar-refractivity contribution in [2.75, 3.05) is 29.9 Å². The van der Waals surface area contributed by atoms with E-state index in [0.29, 0.717) is 5.69 Å². The molecule has 0 radical (unpaired) electrons. The van der Waals surface area contributed by atoms with Gasteiger partial charge in [-0.3, -0.25) is 19.7 Å². The number of rotatable bonds is 6. The van der Waals surface area contributed by atoms with Gasteiger partial charge in [-0.05, 0) is 31.0 Å². The van der Waals surface area contributed by atoms with Crippen LogP contribution in [-0.4, -0.2) is 41.4 Å². The number of nitro groups is 1. The lowest BCUT2D eigenvalue weighted by Crippen LogP contribution is -2.32. The maximum absolute atomic E-state index is 12.0. The third-order valence-corrected chi connectivity index (χ3v) is 4.19. The molecule has 1 saturated heterocycles. The molecule has 9 nitrogen and oxygen atoms in total. The van der Waals surface area contributed by atoms with Gasteiger partial charge in [-0.15, -0.1) is 0 Å². The molecule has 140 valence electrons. The SMILES string of the molecule is O=C(CNC(=O)c1cccc([N+](=O)[O-])c1)Nc1ccc(N2CCCC2)nc1. The molecule has 2 heterocycles. The first-order valence-electron chi connectivity index (χ1n) is 8.56. The van der Waals surface area contributed by atoms with E-state index in [2.05, 4.69) is 20.5 Å². The van der Waals surface area contributed by atoms with Gasteiger partial charge in [-0.25, -0.2) is 4.98 Å². The van der Waals surface area contributed by atoms with Crippen LogP contribution < -0.4 is 15.5 Å². The number of hydrogen-bond donors (Lipinski definition) is 2. The zero-order valence-electron chi connectivity index (χ0n) is 14.6. The molecule has 9 heteroatoms. The quantitative estimate of drug-likeness (QED) is 0.594. The Morgan fingerprint density at radius 2 is 1.96 bits per heavy atom. The van der Waals surface area contributed by atoms with E-state index in [9.17, 15) is 19.7 Å². The molecule has 0 unspecified atom stereocenters. The first-order chi connectivity index (χ1) is 13.0. The highest BCUT2D eigenvalue weighted by Gasteiger charge is 2.14. The second-order valence-corrected chi connectivity index (χ2v) is 6.14. The van der Waals surface area contributed by atoms with Crippen molar-refractivity contribution in [3.8, 4) is 0 Å². The van der Waals surface area contributed by atoms with Gasteiger partial charge < -0.3 is 15.5 Å². The average Bonchev–Trinajstić information content (AvgIpc) is 3.21. The topological polar surface area (TPSA) is 117 Å². The maximum Gasteiger partial charge on any atom is 0.270 e. The fourth-order valence-electron chi connectivity index (χ4n) is 2.82. The van der Waals surface area contributed by atoms with E-state index >= 15 is 0 Å². The monoisotopic (exact) mass is 369 g/mol. The average molecular weight is 369 g/mol. The van der Waals surface area contributed by atoms with Gasteiger partial charge in [-0.1, -0.05) is 6.07 Å². The van der Waals surface area contributed by atoms with Crippen molar-refractivity contribution in [1.29, 1.82) is 0 Å². The molecule has 0 atom stereocenters. The summed E-state index contributed by atoms with van der Waals surface area (Å²) in [5.41, 5.74) is 0.470. The molecular formula is C18H19N5O4. The van der Waals surface area contributed by atoms with E-state index in [4.69, 9.17) is 0 Å². The van der Waals surface area contributed by atoms with Crippen molar-refractivity contribution in [3.63, 3.8) is 0 Å². The minimum absolute atomic E-state index is 0.119. The molecule has 2 amide bonds. The van der Waals surface area contributed by atoms with E-state index in [-0.39, 0.29) is 17.8 Å². The molecule has 0 spiro atoms. The van der Waals surface area contributed by atoms with Crippen molar-refractivity contribution in [2.24, 2.45) is 0 Å². The van der Waals surface area contributed by atoms with Crippen molar-refractivity contribution < 1.29 is 14.5 Å². The van der Waals surface area contributed by atoms with Crippen molar-refractivity contribution in [1.82, 2.24) is 10.3 Å². The predicted octanol–water partition coefficient (Wildman–Crippen LogP) is 1.96. The van der Waals surface area contributed by atoms with Crippen LogP contribution in [0.5, 0.6) is 0 Å². The summed E-state index contributed by atoms with van der Waals surface area (Å²) in [5, 5.41) is 15.8. The molecule has 3 rings (SSSR count). The fourth-order valence-corrected chi connectivity index (χ4v) is 2.82. The Morgan fingerprint density at radius 3 is 2.63 bits per heavy atom. The Hall–Kier alpha value is -3.49. The van der Waals surface area contributed by atoms with Gasteiger partial charge in [0.25, 0.3) is 11.6 Å². The number of aromatic nitrogens is 1. The third-order valence-electron chi connectivity index (χ3n) is 4.19. The van der Waals surface area contributed by atoms with Crippen LogP contribution in [0.15, 0.2) is 42.6 Å². The second-order valence-electron chi connectivity index (χ2n) is 6.14. The Balaban J connectivity index is 1.51. The van der Waals surface area contributed by atoms with Crippen molar-refractivity contribution in [2.45, 2.75) is 12.8 Å². The van der Waals surface area contributed by atoms with Crippen LogP contribution in [0.2, 0.25) is 0 Å². The highest BCUT2D eigenvalue weighted by Crippen LogP contribution is 2.19. The number of benzene rings is 1. The summed E-state index contributed by atoms with van der Waals surface area (Å²) in [5.74, 6) is -0.0923. The summed E-state index contributed by atoms with van der Waals surface area (Å²) in [7, 11) is 0. The lowest BCUT2D eigenvalue weighted by molar-refractivity contribution is -0.384. The Labute approximate surface area is 155 Å². The minimum atomic E-state index is -0.581. The summed E-state index contributed by atoms with van der Waals surface area (Å²) in [6.07, 6.45) is 3.89. The van der Waals surface area contributed by atoms with Crippen LogP contribution in [0.25, 0.3) is 0 Å². The first-order valence-corrected chi connectivity index (χ1v) is 8.56. The molecule has 0 bridgehead atoms. The second kappa shape index (κ2) is 8.26. The number of nitrogens with one attached hydrogen (secondary N) is 2. The van der Waals surface area contributed by atoms with Crippen LogP contribution in [0.1, 0.15) is 23.2 Å². The summed E-state index contributed by atoms with van der Waals surface area (Å²) in [6.45, 7) is 1.72. The molecule has 0 saturated carbocycles. The highest BCUT2D eigenvalue weighted by atomic mass is 16.6. The van der Waals surface area contributed by atoms with Gasteiger partial charge in [-0.2, -0.15) is 0 Å². The number of nitro benzene ring substituents is 1. The van der Waals surface area contributed by atoms with Crippen LogP contribution in [0, 0.1) is 10.1 Å². The number of pyridine rings is 1. The number of amides is 2. The zero-order valence-corrected chi connectivity index (χ0v) is 14.6. The molecule has 1 fully saturated rings. The van der Waals surface area contributed by atoms with Crippen LogP contribution in [0.4, 0.5) is 17.2 Å². The van der Waals surface area contributed by atoms with Crippen molar-refractivity contribution >= 4 is 29.0 Å². The number of anilines is 2. The number of non-ortho nitro benzene ring substituents is 1. The largest absolute Gasteiger partial charge is 0.357 e. The first kappa shape index (κ1) is 18.3. The van der Waals surface area contributed by atoms with Gasteiger partial charge >= 0.3 is 0 Å². The molecule has 2 N–H and O–H groups in total. The van der Waals surface area contributed by atoms with E-state index in [0.717, 1.165) is 37.8 Å². The molecule has 1 aliphatic heterocycles. The molecule has 1 aromatic carbocycles.